The number of amides is 1. The summed E-state index contributed by atoms with van der Waals surface area (Å²) in [6.45, 7) is 4.42. The average molecular weight is 675 g/mol. The number of hydrogen-bond acceptors (Lipinski definition) is 12. The Morgan fingerprint density at radius 2 is 1.47 bits per heavy atom. The van der Waals surface area contributed by atoms with Crippen molar-refractivity contribution in [3.63, 3.8) is 0 Å². The Morgan fingerprint density at radius 3 is 1.77 bits per heavy atom. The zero-order chi connectivity index (χ0) is 36.9. The Bertz CT molecular complexity index is 1040. The minimum atomic E-state index is -0.968. The van der Waals surface area contributed by atoms with Crippen molar-refractivity contribution < 1.29 is 53.9 Å². The minimum Gasteiger partial charge on any atom is -0.480 e. The smallest absolute Gasteiger partial charge is 0.322 e. The van der Waals surface area contributed by atoms with Gasteiger partial charge in [0.2, 0.25) is 5.91 Å². The van der Waals surface area contributed by atoms with Gasteiger partial charge in [0.15, 0.2) is 0 Å². The molecule has 1 amide bonds. The third-order valence-corrected chi connectivity index (χ3v) is 6.52. The lowest BCUT2D eigenvalue weighted by Gasteiger charge is -2.11. The molecule has 17 nitrogen and oxygen atoms in total. The van der Waals surface area contributed by atoms with Crippen LogP contribution in [0.15, 0.2) is 30.3 Å². The van der Waals surface area contributed by atoms with Crippen LogP contribution in [0.1, 0.15) is 51.5 Å². The van der Waals surface area contributed by atoms with Gasteiger partial charge in [-0.25, -0.2) is 0 Å². The predicted octanol–water partition coefficient (Wildman–Crippen LogP) is -0.788. The van der Waals surface area contributed by atoms with Gasteiger partial charge in [-0.2, -0.15) is 0 Å². The molecule has 1 saturated heterocycles. The Labute approximate surface area is 275 Å². The molecule has 2 rings (SSSR count). The van der Waals surface area contributed by atoms with Gasteiger partial charge in [0.25, 0.3) is 0 Å². The van der Waals surface area contributed by atoms with Crippen LogP contribution in [0.2, 0.25) is 0 Å². The number of methoxy groups -OCH3 is 1. The molecule has 1 aromatic carbocycles. The molecule has 1 fully saturated rings. The number of hydrogen-bond donors (Lipinski definition) is 10. The van der Waals surface area contributed by atoms with E-state index in [9.17, 15) is 28.8 Å². The Kier molecular flexibility index (Phi) is 29.4. The van der Waals surface area contributed by atoms with E-state index in [4.69, 9.17) is 31.9 Å². The number of carbonyl (C=O) groups excluding carboxylic acids is 2. The fourth-order valence-electron chi connectivity index (χ4n) is 3.37. The molecule has 1 aliphatic heterocycles. The van der Waals surface area contributed by atoms with Crippen LogP contribution in [0.5, 0.6) is 0 Å². The number of carboxylic acids is 4. The molecule has 0 radical (unpaired) electrons. The predicted molar refractivity (Wildman–Crippen MR) is 174 cm³/mol. The first kappa shape index (κ1) is 47.2. The van der Waals surface area contributed by atoms with Crippen LogP contribution < -0.4 is 33.2 Å². The van der Waals surface area contributed by atoms with Gasteiger partial charge in [-0.15, -0.1) is 0 Å². The van der Waals surface area contributed by atoms with Gasteiger partial charge < -0.3 is 58.3 Å². The van der Waals surface area contributed by atoms with Gasteiger partial charge in [0, 0.05) is 6.42 Å². The largest absolute Gasteiger partial charge is 0.480 e. The number of likely N-dealkylation sites (N-methyl/N-ethyl adjacent to an activating group) is 2. The van der Waals surface area contributed by atoms with Crippen LogP contribution >= 0.6 is 0 Å². The molecule has 1 aliphatic rings. The zero-order valence-corrected chi connectivity index (χ0v) is 27.8. The standard InChI is InChI=1S/C10H13NO2.C6H12N2O3.C6H11NO2.C6H13NO2.C2H5NO2/c1-11-9(10(12)13)7-8-5-3-2-4-6-8;1-8-4(6(10)11)2-3-5(7)9;1-9-6(8)5-3-2-4-7-5;1-3-4(2)5(7)6(8)9;3-1-2(4)5/h2-6,9,11H,7H2,1H3,(H,12,13);4,8H,2-3H2,1H3,(H2,7,9)(H,10,11);5,7H,2-4H2,1H3;4-5H,3,7H2,1-2H3,(H,8,9);1,3H2,(H,4,5)/t;;5-;;/m..0../s1. The van der Waals surface area contributed by atoms with Crippen LogP contribution in [0.4, 0.5) is 0 Å². The van der Waals surface area contributed by atoms with Crippen molar-refractivity contribution in [3.05, 3.63) is 35.9 Å². The van der Waals surface area contributed by atoms with Crippen molar-refractivity contribution >= 4 is 35.8 Å². The zero-order valence-electron chi connectivity index (χ0n) is 27.8. The van der Waals surface area contributed by atoms with Crippen LogP contribution in [0.3, 0.4) is 0 Å². The molecule has 13 N–H and O–H groups in total. The number of ether oxygens (including phenoxy) is 1. The number of carbonyl (C=O) groups is 6. The highest BCUT2D eigenvalue weighted by Gasteiger charge is 2.22. The second-order valence-corrected chi connectivity index (χ2v) is 10.1. The van der Waals surface area contributed by atoms with E-state index < -0.39 is 47.9 Å². The van der Waals surface area contributed by atoms with Gasteiger partial charge in [-0.3, -0.25) is 28.8 Å². The molecule has 47 heavy (non-hydrogen) atoms. The third-order valence-electron chi connectivity index (χ3n) is 6.52. The molecule has 270 valence electrons. The second kappa shape index (κ2) is 29.3. The second-order valence-electron chi connectivity index (χ2n) is 10.1. The number of nitrogens with one attached hydrogen (secondary N) is 3. The Morgan fingerprint density at radius 1 is 0.957 bits per heavy atom. The highest BCUT2D eigenvalue weighted by Crippen LogP contribution is 2.06. The van der Waals surface area contributed by atoms with E-state index in [0.717, 1.165) is 31.4 Å². The number of benzene rings is 1. The number of rotatable bonds is 14. The van der Waals surface area contributed by atoms with E-state index in [1.54, 1.807) is 7.05 Å². The van der Waals surface area contributed by atoms with E-state index in [1.165, 1.54) is 14.2 Å². The maximum atomic E-state index is 10.7. The summed E-state index contributed by atoms with van der Waals surface area (Å²) >= 11 is 0. The first-order chi connectivity index (χ1) is 22.0. The Balaban J connectivity index is -0.000000529. The monoisotopic (exact) mass is 674 g/mol. The topological polar surface area (TPSA) is 307 Å². The summed E-state index contributed by atoms with van der Waals surface area (Å²) in [5, 5.41) is 41.5. The quantitative estimate of drug-likeness (QED) is 0.108. The molecule has 0 aliphatic carbocycles. The van der Waals surface area contributed by atoms with Crippen LogP contribution in [-0.2, 0) is 39.9 Å². The highest BCUT2D eigenvalue weighted by molar-refractivity contribution is 5.77. The number of carboxylic acid groups (broad SMARTS) is 4. The van der Waals surface area contributed by atoms with Crippen molar-refractivity contribution in [3.8, 4) is 0 Å². The average Bonchev–Trinajstić information content (AvgIpc) is 3.59. The van der Waals surface area contributed by atoms with Gasteiger partial charge in [0.1, 0.15) is 24.2 Å². The molecule has 0 bridgehead atoms. The lowest BCUT2D eigenvalue weighted by Crippen LogP contribution is -2.36. The van der Waals surface area contributed by atoms with Crippen molar-refractivity contribution in [1.82, 2.24) is 16.0 Å². The summed E-state index contributed by atoms with van der Waals surface area (Å²) in [6, 6.07) is 7.67. The molecular weight excluding hydrogens is 620 g/mol. The van der Waals surface area contributed by atoms with E-state index in [-0.39, 0.29) is 37.3 Å². The van der Waals surface area contributed by atoms with E-state index in [1.807, 2.05) is 44.2 Å². The lowest BCUT2D eigenvalue weighted by atomic mass is 10.0. The molecule has 4 unspecified atom stereocenters. The fraction of sp³-hybridized carbons (Fsp3) is 0.600. The van der Waals surface area contributed by atoms with Crippen LogP contribution in [-0.4, -0.2) is 115 Å². The van der Waals surface area contributed by atoms with E-state index in [0.29, 0.717) is 6.42 Å². The lowest BCUT2D eigenvalue weighted by molar-refractivity contribution is -0.143. The molecule has 1 heterocycles. The van der Waals surface area contributed by atoms with Gasteiger partial charge in [-0.05, 0) is 57.8 Å². The molecule has 17 heteroatoms. The Hall–Kier alpha value is -4.16. The van der Waals surface area contributed by atoms with Crippen LogP contribution in [0.25, 0.3) is 0 Å². The summed E-state index contributed by atoms with van der Waals surface area (Å²) in [5.41, 5.74) is 15.7. The molecule has 0 saturated carbocycles. The highest BCUT2D eigenvalue weighted by atomic mass is 16.5. The summed E-state index contributed by atoms with van der Waals surface area (Å²) in [7, 11) is 4.60. The first-order valence-electron chi connectivity index (χ1n) is 14.9. The number of primary amides is 1. The molecule has 0 spiro atoms. The van der Waals surface area contributed by atoms with Gasteiger partial charge in [0.05, 0.1) is 13.7 Å². The van der Waals surface area contributed by atoms with E-state index >= 15 is 0 Å². The summed E-state index contributed by atoms with van der Waals surface area (Å²) in [6.07, 6.45) is 3.67. The maximum absolute atomic E-state index is 10.7. The summed E-state index contributed by atoms with van der Waals surface area (Å²) < 4.78 is 4.53. The van der Waals surface area contributed by atoms with Crippen molar-refractivity contribution in [2.75, 3.05) is 34.3 Å². The normalized spacial score (nSPS) is 15.3. The number of aliphatic carboxylic acids is 4. The SMILES string of the molecule is CCC(C)C(N)C(=O)O.CNC(CCC(N)=O)C(=O)O.CNC(Cc1ccccc1)C(=O)O.COC(=O)[C@@H]1CCCN1.NCC(=O)O. The van der Waals surface area contributed by atoms with Gasteiger partial charge >= 0.3 is 29.8 Å². The van der Waals surface area contributed by atoms with Crippen molar-refractivity contribution in [1.29, 1.82) is 0 Å². The van der Waals surface area contributed by atoms with Crippen LogP contribution in [0, 0.1) is 5.92 Å². The summed E-state index contributed by atoms with van der Waals surface area (Å²) in [4.78, 5) is 61.4. The fourth-order valence-corrected chi connectivity index (χ4v) is 3.37. The number of nitrogens with two attached hydrogens (primary N) is 3. The summed E-state index contributed by atoms with van der Waals surface area (Å²) in [5.74, 6) is -4.20. The molecular formula is C30H54N6O11. The third kappa shape index (κ3) is 26.7. The molecule has 5 atom stereocenters. The minimum absolute atomic E-state index is 0.0324. The maximum Gasteiger partial charge on any atom is 0.322 e. The molecule has 0 aromatic heterocycles. The van der Waals surface area contributed by atoms with E-state index in [2.05, 4.69) is 26.4 Å². The number of esters is 1. The van der Waals surface area contributed by atoms with Gasteiger partial charge in [-0.1, -0.05) is 50.6 Å². The van der Waals surface area contributed by atoms with Crippen molar-refractivity contribution in [2.24, 2.45) is 23.1 Å². The first-order valence-corrected chi connectivity index (χ1v) is 14.9. The molecule has 1 aromatic rings. The van der Waals surface area contributed by atoms with Crippen molar-refractivity contribution in [2.45, 2.75) is 76.5 Å².